The van der Waals surface area contributed by atoms with Gasteiger partial charge in [0.15, 0.2) is 5.78 Å². The maximum absolute atomic E-state index is 14.0. The number of thiophene rings is 1. The van der Waals surface area contributed by atoms with Crippen molar-refractivity contribution in [3.8, 4) is 0 Å². The molecule has 0 saturated heterocycles. The van der Waals surface area contributed by atoms with Crippen LogP contribution in [0.5, 0.6) is 0 Å². The first kappa shape index (κ1) is 15.8. The van der Waals surface area contributed by atoms with Crippen LogP contribution in [0.2, 0.25) is 0 Å². The zero-order chi connectivity index (χ0) is 18.7. The number of hydrogen-bond donors (Lipinski definition) is 0. The molecule has 0 saturated carbocycles. The van der Waals surface area contributed by atoms with E-state index < -0.39 is 5.41 Å². The van der Waals surface area contributed by atoms with E-state index in [1.165, 1.54) is 5.57 Å². The molecule has 1 unspecified atom stereocenters. The van der Waals surface area contributed by atoms with Gasteiger partial charge in [0, 0.05) is 5.56 Å². The second-order valence-corrected chi connectivity index (χ2v) is 8.19. The lowest BCUT2D eigenvalue weighted by Gasteiger charge is -2.28. The summed E-state index contributed by atoms with van der Waals surface area (Å²) in [5.41, 5.74) is 7.16. The number of ketones is 1. The van der Waals surface area contributed by atoms with Crippen LogP contribution < -0.4 is 0 Å². The van der Waals surface area contributed by atoms with Crippen LogP contribution in [-0.2, 0) is 5.41 Å². The smallest absolute Gasteiger partial charge is 0.192 e. The molecule has 132 valence electrons. The Labute approximate surface area is 167 Å². The van der Waals surface area contributed by atoms with Crippen molar-refractivity contribution in [1.29, 1.82) is 0 Å². The van der Waals surface area contributed by atoms with Crippen LogP contribution in [0.1, 0.15) is 37.5 Å². The Bertz CT molecular complexity index is 1260. The summed E-state index contributed by atoms with van der Waals surface area (Å²) in [5, 5.41) is 2.04. The largest absolute Gasteiger partial charge is 0.291 e. The van der Waals surface area contributed by atoms with Crippen molar-refractivity contribution in [3.63, 3.8) is 0 Å². The third kappa shape index (κ3) is 1.78. The minimum absolute atomic E-state index is 0.206. The molecule has 3 aromatic carbocycles. The molecule has 0 radical (unpaired) electrons. The van der Waals surface area contributed by atoms with Gasteiger partial charge in [0.2, 0.25) is 0 Å². The third-order valence-corrected chi connectivity index (χ3v) is 6.89. The average molecular weight is 376 g/mol. The highest BCUT2D eigenvalue weighted by atomic mass is 32.1. The van der Waals surface area contributed by atoms with Gasteiger partial charge in [-0.25, -0.2) is 0 Å². The Morgan fingerprint density at radius 2 is 1.36 bits per heavy atom. The fourth-order valence-electron chi connectivity index (χ4n) is 4.93. The second kappa shape index (κ2) is 5.63. The fraction of sp³-hybridized carbons (Fsp3) is 0.0385. The number of Topliss-reactive ketones (excluding diaryl/α,β-unsaturated/α-hetero) is 1. The lowest BCUT2D eigenvalue weighted by Crippen LogP contribution is -2.32. The van der Waals surface area contributed by atoms with Gasteiger partial charge in [-0.1, -0.05) is 84.9 Å². The summed E-state index contributed by atoms with van der Waals surface area (Å²) in [4.78, 5) is 14.9. The van der Waals surface area contributed by atoms with Gasteiger partial charge in [-0.2, -0.15) is 0 Å². The van der Waals surface area contributed by atoms with Crippen molar-refractivity contribution >= 4 is 28.3 Å². The second-order valence-electron chi connectivity index (χ2n) is 7.27. The van der Waals surface area contributed by atoms with Crippen LogP contribution in [-0.4, -0.2) is 5.78 Å². The summed E-state index contributed by atoms with van der Waals surface area (Å²) in [7, 11) is 0. The van der Waals surface area contributed by atoms with E-state index in [-0.39, 0.29) is 5.78 Å². The van der Waals surface area contributed by atoms with Crippen molar-refractivity contribution in [3.05, 3.63) is 129 Å². The number of hydrogen-bond acceptors (Lipinski definition) is 2. The van der Waals surface area contributed by atoms with Gasteiger partial charge in [0.1, 0.15) is 5.41 Å². The van der Waals surface area contributed by atoms with E-state index in [1.807, 2.05) is 29.6 Å². The highest BCUT2D eigenvalue weighted by Crippen LogP contribution is 2.62. The normalized spacial score (nSPS) is 19.5. The van der Waals surface area contributed by atoms with Gasteiger partial charge in [0.05, 0.1) is 4.88 Å². The molecule has 1 aromatic heterocycles. The number of carbonyl (C=O) groups excluding carboxylic acids is 1. The van der Waals surface area contributed by atoms with Crippen molar-refractivity contribution in [2.75, 3.05) is 0 Å². The Balaban J connectivity index is 1.83. The molecule has 4 aromatic rings. The summed E-state index contributed by atoms with van der Waals surface area (Å²) in [6, 6.07) is 31.3. The number of allylic oxidation sites excluding steroid dienone is 1. The molecular formula is C26H16OS. The van der Waals surface area contributed by atoms with Crippen LogP contribution in [0.4, 0.5) is 0 Å². The molecule has 0 bridgehead atoms. The maximum Gasteiger partial charge on any atom is 0.192 e. The van der Waals surface area contributed by atoms with Crippen molar-refractivity contribution < 1.29 is 4.79 Å². The molecule has 1 nitrogen and oxygen atoms in total. The minimum Gasteiger partial charge on any atom is -0.291 e. The molecule has 1 heterocycles. The van der Waals surface area contributed by atoms with Crippen LogP contribution >= 0.6 is 11.3 Å². The summed E-state index contributed by atoms with van der Waals surface area (Å²) >= 11 is 1.56. The van der Waals surface area contributed by atoms with E-state index in [1.54, 1.807) is 11.3 Å². The Morgan fingerprint density at radius 3 is 2.14 bits per heavy atom. The van der Waals surface area contributed by atoms with Gasteiger partial charge >= 0.3 is 0 Å². The predicted molar refractivity (Wildman–Crippen MR) is 115 cm³/mol. The maximum atomic E-state index is 14.0. The lowest BCUT2D eigenvalue weighted by atomic mass is 9.71. The lowest BCUT2D eigenvalue weighted by molar-refractivity contribution is 0.0957. The molecule has 0 spiro atoms. The van der Waals surface area contributed by atoms with E-state index in [2.05, 4.69) is 66.7 Å². The summed E-state index contributed by atoms with van der Waals surface area (Å²) in [5.74, 6) is 0.206. The zero-order valence-corrected chi connectivity index (χ0v) is 15.9. The summed E-state index contributed by atoms with van der Waals surface area (Å²) in [6.07, 6.45) is 0. The van der Waals surface area contributed by atoms with Gasteiger partial charge in [0.25, 0.3) is 0 Å². The fourth-order valence-corrected chi connectivity index (χ4v) is 5.83. The first-order valence-electron chi connectivity index (χ1n) is 9.41. The molecule has 0 fully saturated rings. The molecule has 28 heavy (non-hydrogen) atoms. The SMILES string of the molecule is O=C1c2sccc2C2=C(c3ccccc3)c3ccccc3C12c1ccccc1. The van der Waals surface area contributed by atoms with Gasteiger partial charge in [-0.05, 0) is 44.8 Å². The number of carbonyl (C=O) groups is 1. The van der Waals surface area contributed by atoms with Gasteiger partial charge in [-0.15, -0.1) is 11.3 Å². The van der Waals surface area contributed by atoms with Crippen molar-refractivity contribution in [1.82, 2.24) is 0 Å². The topological polar surface area (TPSA) is 17.1 Å². The summed E-state index contributed by atoms with van der Waals surface area (Å²) in [6.45, 7) is 0. The molecule has 6 rings (SSSR count). The van der Waals surface area contributed by atoms with E-state index >= 15 is 0 Å². The third-order valence-electron chi connectivity index (χ3n) is 5.98. The predicted octanol–water partition coefficient (Wildman–Crippen LogP) is 6.20. The van der Waals surface area contributed by atoms with E-state index in [4.69, 9.17) is 0 Å². The van der Waals surface area contributed by atoms with Crippen LogP contribution in [0.3, 0.4) is 0 Å². The van der Waals surface area contributed by atoms with Gasteiger partial charge in [-0.3, -0.25) is 4.79 Å². The molecule has 2 aliphatic carbocycles. The highest BCUT2D eigenvalue weighted by Gasteiger charge is 2.58. The Kier molecular flexibility index (Phi) is 3.18. The first-order chi connectivity index (χ1) is 13.8. The summed E-state index contributed by atoms with van der Waals surface area (Å²) < 4.78 is 0. The minimum atomic E-state index is -0.745. The number of rotatable bonds is 2. The highest BCUT2D eigenvalue weighted by molar-refractivity contribution is 7.12. The standard InChI is InChI=1S/C26H16OS/c27-25-24-20(15-16-28-24)23-22(17-9-3-1-4-10-17)19-13-7-8-14-21(19)26(23,25)18-11-5-2-6-12-18/h1-16H. The van der Waals surface area contributed by atoms with Crippen molar-refractivity contribution in [2.24, 2.45) is 0 Å². The van der Waals surface area contributed by atoms with E-state index in [9.17, 15) is 4.79 Å². The number of benzene rings is 3. The van der Waals surface area contributed by atoms with Crippen LogP contribution in [0.15, 0.2) is 96.4 Å². The zero-order valence-electron chi connectivity index (χ0n) is 15.1. The Hall–Kier alpha value is -3.23. The van der Waals surface area contributed by atoms with E-state index in [0.717, 1.165) is 38.3 Å². The van der Waals surface area contributed by atoms with Crippen molar-refractivity contribution in [2.45, 2.75) is 5.41 Å². The van der Waals surface area contributed by atoms with Crippen LogP contribution in [0.25, 0.3) is 11.1 Å². The molecular weight excluding hydrogens is 360 g/mol. The molecule has 0 amide bonds. The number of fused-ring (bicyclic) bond motifs is 5. The van der Waals surface area contributed by atoms with Gasteiger partial charge < -0.3 is 0 Å². The molecule has 0 aliphatic heterocycles. The molecule has 2 aliphatic rings. The first-order valence-corrected chi connectivity index (χ1v) is 10.3. The molecule has 0 N–H and O–H groups in total. The quantitative estimate of drug-likeness (QED) is 0.407. The monoisotopic (exact) mass is 376 g/mol. The van der Waals surface area contributed by atoms with E-state index in [0.29, 0.717) is 0 Å². The molecule has 2 heteroatoms. The molecule has 1 atom stereocenters. The average Bonchev–Trinajstić information content (AvgIpc) is 3.41. The Morgan fingerprint density at radius 1 is 0.679 bits per heavy atom. The van der Waals surface area contributed by atoms with Crippen LogP contribution in [0, 0.1) is 0 Å².